The summed E-state index contributed by atoms with van der Waals surface area (Å²) >= 11 is 0. The number of aliphatic hydroxyl groups is 1. The molecule has 1 saturated heterocycles. The Balaban J connectivity index is 1.52. The number of benzene rings is 1. The highest BCUT2D eigenvalue weighted by Crippen LogP contribution is 2.33. The van der Waals surface area contributed by atoms with Crippen molar-refractivity contribution in [3.63, 3.8) is 0 Å². The summed E-state index contributed by atoms with van der Waals surface area (Å²) in [4.78, 5) is 4.54. The number of rotatable bonds is 2. The van der Waals surface area contributed by atoms with Crippen LogP contribution in [0, 0.1) is 0 Å². The first kappa shape index (κ1) is 12.1. The Morgan fingerprint density at radius 2 is 1.95 bits per heavy atom. The molecule has 0 unspecified atom stereocenters. The predicted octanol–water partition coefficient (Wildman–Crippen LogP) is 1.35. The number of nitrogens with zero attached hydrogens (tertiary/aromatic N) is 2. The molecular formula is C15H17N3O2. The third-order valence-corrected chi connectivity index (χ3v) is 4.28. The zero-order valence-corrected chi connectivity index (χ0v) is 11.1. The lowest BCUT2D eigenvalue weighted by atomic mass is 10.1. The van der Waals surface area contributed by atoms with Gasteiger partial charge in [0.25, 0.3) is 0 Å². The van der Waals surface area contributed by atoms with Crippen molar-refractivity contribution >= 4 is 0 Å². The monoisotopic (exact) mass is 271 g/mol. The van der Waals surface area contributed by atoms with Crippen LogP contribution in [-0.4, -0.2) is 27.9 Å². The van der Waals surface area contributed by atoms with Crippen LogP contribution in [0.5, 0.6) is 0 Å². The zero-order chi connectivity index (χ0) is 13.5. The molecule has 5 heteroatoms. The summed E-state index contributed by atoms with van der Waals surface area (Å²) < 4.78 is 5.37. The van der Waals surface area contributed by atoms with E-state index < -0.39 is 0 Å². The maximum atomic E-state index is 9.55. The number of aromatic nitrogens is 2. The minimum atomic E-state index is -0.314. The highest BCUT2D eigenvalue weighted by atomic mass is 16.5. The number of hydrogen-bond donors (Lipinski definition) is 2. The van der Waals surface area contributed by atoms with Crippen LogP contribution in [0.25, 0.3) is 0 Å². The Morgan fingerprint density at radius 1 is 1.20 bits per heavy atom. The van der Waals surface area contributed by atoms with E-state index in [4.69, 9.17) is 4.52 Å². The lowest BCUT2D eigenvalue weighted by Gasteiger charge is -2.03. The van der Waals surface area contributed by atoms with Crippen LogP contribution in [0.15, 0.2) is 28.8 Å². The predicted molar refractivity (Wildman–Crippen MR) is 72.3 cm³/mol. The summed E-state index contributed by atoms with van der Waals surface area (Å²) in [6.45, 7) is 0.594. The molecule has 1 fully saturated rings. The van der Waals surface area contributed by atoms with Crippen molar-refractivity contribution < 1.29 is 9.63 Å². The molecule has 2 heterocycles. The quantitative estimate of drug-likeness (QED) is 0.862. The molecule has 1 aliphatic carbocycles. The van der Waals surface area contributed by atoms with Crippen molar-refractivity contribution in [2.75, 3.05) is 6.54 Å². The number of hydrogen-bond acceptors (Lipinski definition) is 5. The first-order valence-corrected chi connectivity index (χ1v) is 7.11. The summed E-state index contributed by atoms with van der Waals surface area (Å²) in [5.41, 5.74) is 2.77. The van der Waals surface area contributed by atoms with Crippen molar-refractivity contribution in [3.05, 3.63) is 47.1 Å². The Morgan fingerprint density at radius 3 is 2.60 bits per heavy atom. The number of β-amino-alcohol motifs (C(OH)–C–C–N with tert-alkyl or cyclic N) is 1. The molecule has 2 aliphatic rings. The first-order valence-electron chi connectivity index (χ1n) is 7.11. The summed E-state index contributed by atoms with van der Waals surface area (Å²) in [5, 5.41) is 16.9. The van der Waals surface area contributed by atoms with Gasteiger partial charge in [-0.15, -0.1) is 0 Å². The van der Waals surface area contributed by atoms with E-state index in [-0.39, 0.29) is 12.1 Å². The van der Waals surface area contributed by atoms with E-state index in [0.29, 0.717) is 24.8 Å². The molecule has 2 N–H and O–H groups in total. The maximum Gasteiger partial charge on any atom is 0.243 e. The van der Waals surface area contributed by atoms with E-state index in [9.17, 15) is 5.11 Å². The van der Waals surface area contributed by atoms with Crippen molar-refractivity contribution in [3.8, 4) is 0 Å². The van der Waals surface area contributed by atoms with Crippen LogP contribution in [-0.2, 0) is 12.8 Å². The SMILES string of the molecule is O[C@H]1CN[C@H](c2nc(C3Cc4ccccc4C3)no2)C1. The van der Waals surface area contributed by atoms with Gasteiger partial charge < -0.3 is 14.9 Å². The van der Waals surface area contributed by atoms with Gasteiger partial charge in [0.05, 0.1) is 12.1 Å². The molecule has 1 aliphatic heterocycles. The van der Waals surface area contributed by atoms with Crippen LogP contribution in [0.1, 0.15) is 41.2 Å². The highest BCUT2D eigenvalue weighted by Gasteiger charge is 2.31. The van der Waals surface area contributed by atoms with Gasteiger partial charge in [-0.2, -0.15) is 4.98 Å². The zero-order valence-electron chi connectivity index (χ0n) is 11.1. The Kier molecular flexibility index (Phi) is 2.82. The van der Waals surface area contributed by atoms with E-state index in [0.717, 1.165) is 18.7 Å². The van der Waals surface area contributed by atoms with Gasteiger partial charge in [0.15, 0.2) is 5.82 Å². The van der Waals surface area contributed by atoms with Crippen molar-refractivity contribution in [1.29, 1.82) is 0 Å². The average Bonchev–Trinajstić information content (AvgIpc) is 3.16. The van der Waals surface area contributed by atoms with Crippen LogP contribution >= 0.6 is 0 Å². The van der Waals surface area contributed by atoms with Gasteiger partial charge in [0, 0.05) is 12.5 Å². The molecule has 0 spiro atoms. The third kappa shape index (κ3) is 2.03. The second-order valence-corrected chi connectivity index (χ2v) is 5.72. The molecule has 1 aromatic heterocycles. The molecular weight excluding hydrogens is 254 g/mol. The standard InChI is InChI=1S/C15H17N3O2/c19-12-7-13(16-8-12)15-17-14(18-20-15)11-5-9-3-1-2-4-10(9)6-11/h1-4,11-13,16,19H,5-8H2/t12-,13+/m1/s1. The molecule has 5 nitrogen and oxygen atoms in total. The molecule has 0 amide bonds. The van der Waals surface area contributed by atoms with Crippen molar-refractivity contribution in [1.82, 2.24) is 15.5 Å². The van der Waals surface area contributed by atoms with Gasteiger partial charge in [0.1, 0.15) is 0 Å². The average molecular weight is 271 g/mol. The van der Waals surface area contributed by atoms with E-state index in [2.05, 4.69) is 39.7 Å². The smallest absolute Gasteiger partial charge is 0.243 e. The molecule has 0 saturated carbocycles. The minimum Gasteiger partial charge on any atom is -0.392 e. The first-order chi connectivity index (χ1) is 9.79. The largest absolute Gasteiger partial charge is 0.392 e. The fourth-order valence-electron chi connectivity index (χ4n) is 3.20. The lowest BCUT2D eigenvalue weighted by molar-refractivity contribution is 0.191. The van der Waals surface area contributed by atoms with Crippen molar-refractivity contribution in [2.45, 2.75) is 37.3 Å². The molecule has 4 rings (SSSR count). The minimum absolute atomic E-state index is 0.00460. The molecule has 2 aromatic rings. The van der Waals surface area contributed by atoms with E-state index in [1.165, 1.54) is 11.1 Å². The van der Waals surface area contributed by atoms with Gasteiger partial charge in [0.2, 0.25) is 5.89 Å². The summed E-state index contributed by atoms with van der Waals surface area (Å²) in [6, 6.07) is 8.49. The van der Waals surface area contributed by atoms with E-state index in [1.54, 1.807) is 0 Å². The van der Waals surface area contributed by atoms with Gasteiger partial charge in [-0.05, 0) is 30.4 Å². The molecule has 104 valence electrons. The summed E-state index contributed by atoms with van der Waals surface area (Å²) in [5.74, 6) is 1.71. The van der Waals surface area contributed by atoms with Gasteiger partial charge in [-0.1, -0.05) is 29.4 Å². The number of aliphatic hydroxyl groups excluding tert-OH is 1. The van der Waals surface area contributed by atoms with Gasteiger partial charge >= 0.3 is 0 Å². The van der Waals surface area contributed by atoms with Crippen LogP contribution < -0.4 is 5.32 Å². The fraction of sp³-hybridized carbons (Fsp3) is 0.467. The topological polar surface area (TPSA) is 71.2 Å². The molecule has 0 bridgehead atoms. The van der Waals surface area contributed by atoms with E-state index >= 15 is 0 Å². The normalized spacial score (nSPS) is 26.1. The Labute approximate surface area is 117 Å². The maximum absolute atomic E-state index is 9.55. The van der Waals surface area contributed by atoms with Gasteiger partial charge in [-0.3, -0.25) is 0 Å². The molecule has 1 aromatic carbocycles. The Bertz CT molecular complexity index is 600. The lowest BCUT2D eigenvalue weighted by Crippen LogP contribution is -2.15. The van der Waals surface area contributed by atoms with Crippen LogP contribution in [0.3, 0.4) is 0 Å². The molecule has 0 radical (unpaired) electrons. The Hall–Kier alpha value is -1.72. The van der Waals surface area contributed by atoms with Crippen molar-refractivity contribution in [2.24, 2.45) is 0 Å². The number of fused-ring (bicyclic) bond motifs is 1. The van der Waals surface area contributed by atoms with Gasteiger partial charge in [-0.25, -0.2) is 0 Å². The van der Waals surface area contributed by atoms with Crippen LogP contribution in [0.4, 0.5) is 0 Å². The third-order valence-electron chi connectivity index (χ3n) is 4.28. The molecule has 20 heavy (non-hydrogen) atoms. The highest BCUT2D eigenvalue weighted by molar-refractivity contribution is 5.34. The fourth-order valence-corrected chi connectivity index (χ4v) is 3.20. The summed E-state index contributed by atoms with van der Waals surface area (Å²) in [7, 11) is 0. The van der Waals surface area contributed by atoms with E-state index in [1.807, 2.05) is 0 Å². The second kappa shape index (κ2) is 4.68. The summed E-state index contributed by atoms with van der Waals surface area (Å²) in [6.07, 6.45) is 2.30. The number of nitrogens with one attached hydrogen (secondary N) is 1. The molecule has 2 atom stereocenters. The van der Waals surface area contributed by atoms with Crippen LogP contribution in [0.2, 0.25) is 0 Å². The second-order valence-electron chi connectivity index (χ2n) is 5.72.